The largest absolute Gasteiger partial charge is 0.508 e. The number of rotatable bonds is 3. The number of hydrogen-bond acceptors (Lipinski definition) is 3. The van der Waals surface area contributed by atoms with Gasteiger partial charge in [0, 0.05) is 14.1 Å². The van der Waals surface area contributed by atoms with Crippen molar-refractivity contribution < 1.29 is 13.5 Å². The fourth-order valence-corrected chi connectivity index (χ4v) is 2.68. The maximum atomic E-state index is 12.1. The predicted molar refractivity (Wildman–Crippen MR) is 74.4 cm³/mol. The number of phenolic OH excluding ortho intramolecular Hbond substituents is 1. The first-order valence-electron chi connectivity index (χ1n) is 5.73. The first-order valence-corrected chi connectivity index (χ1v) is 7.17. The van der Waals surface area contributed by atoms with E-state index in [2.05, 4.69) is 0 Å². The smallest absolute Gasteiger partial charge is 0.242 e. The Balaban J connectivity index is 2.52. The second-order valence-electron chi connectivity index (χ2n) is 4.37. The average molecular weight is 277 g/mol. The highest BCUT2D eigenvalue weighted by atomic mass is 32.2. The second-order valence-corrected chi connectivity index (χ2v) is 6.52. The first-order chi connectivity index (χ1) is 8.91. The molecule has 0 saturated carbocycles. The third-order valence-corrected chi connectivity index (χ3v) is 4.60. The number of benzene rings is 2. The summed E-state index contributed by atoms with van der Waals surface area (Å²) in [6.07, 6.45) is 0. The molecule has 0 fully saturated rings. The minimum atomic E-state index is -3.45. The van der Waals surface area contributed by atoms with E-state index in [1.807, 2.05) is 12.1 Å². The van der Waals surface area contributed by atoms with E-state index in [0.717, 1.165) is 11.1 Å². The second kappa shape index (κ2) is 5.03. The number of sulfonamides is 1. The number of hydrogen-bond donors (Lipinski definition) is 1. The van der Waals surface area contributed by atoms with Crippen LogP contribution in [0.3, 0.4) is 0 Å². The van der Waals surface area contributed by atoms with Crippen LogP contribution in [0.15, 0.2) is 53.4 Å². The Bertz CT molecular complexity index is 693. The van der Waals surface area contributed by atoms with Crippen LogP contribution in [0.2, 0.25) is 0 Å². The van der Waals surface area contributed by atoms with Crippen LogP contribution < -0.4 is 0 Å². The number of phenols is 1. The van der Waals surface area contributed by atoms with Crippen LogP contribution in [0.1, 0.15) is 0 Å². The van der Waals surface area contributed by atoms with Gasteiger partial charge in [-0.2, -0.15) is 0 Å². The van der Waals surface area contributed by atoms with Crippen molar-refractivity contribution in [2.75, 3.05) is 14.1 Å². The van der Waals surface area contributed by atoms with E-state index in [1.54, 1.807) is 36.4 Å². The topological polar surface area (TPSA) is 57.6 Å². The Labute approximate surface area is 113 Å². The molecule has 2 aromatic carbocycles. The van der Waals surface area contributed by atoms with Crippen molar-refractivity contribution in [2.24, 2.45) is 0 Å². The van der Waals surface area contributed by atoms with Crippen molar-refractivity contribution in [2.45, 2.75) is 4.90 Å². The zero-order valence-electron chi connectivity index (χ0n) is 10.7. The minimum Gasteiger partial charge on any atom is -0.508 e. The van der Waals surface area contributed by atoms with Crippen molar-refractivity contribution in [1.82, 2.24) is 4.31 Å². The van der Waals surface area contributed by atoms with Gasteiger partial charge in [-0.25, -0.2) is 12.7 Å². The monoisotopic (exact) mass is 277 g/mol. The normalized spacial score (nSPS) is 11.7. The van der Waals surface area contributed by atoms with Gasteiger partial charge in [0.05, 0.1) is 4.90 Å². The van der Waals surface area contributed by atoms with Gasteiger partial charge in [0.15, 0.2) is 0 Å². The van der Waals surface area contributed by atoms with E-state index in [1.165, 1.54) is 18.4 Å². The summed E-state index contributed by atoms with van der Waals surface area (Å²) >= 11 is 0. The Morgan fingerprint density at radius 3 is 2.11 bits per heavy atom. The van der Waals surface area contributed by atoms with Crippen molar-refractivity contribution in [3.05, 3.63) is 48.5 Å². The summed E-state index contributed by atoms with van der Waals surface area (Å²) in [5.41, 5.74) is 1.52. The molecule has 100 valence electrons. The van der Waals surface area contributed by atoms with Crippen LogP contribution in [0.25, 0.3) is 11.1 Å². The van der Waals surface area contributed by atoms with Crippen molar-refractivity contribution in [3.8, 4) is 16.9 Å². The molecule has 5 heteroatoms. The Kier molecular flexibility index (Phi) is 3.59. The lowest BCUT2D eigenvalue weighted by molar-refractivity contribution is 0.475. The molecule has 0 aliphatic carbocycles. The van der Waals surface area contributed by atoms with Gasteiger partial charge in [-0.15, -0.1) is 0 Å². The molecule has 4 nitrogen and oxygen atoms in total. The van der Waals surface area contributed by atoms with Gasteiger partial charge in [0.2, 0.25) is 10.0 Å². The van der Waals surface area contributed by atoms with E-state index in [-0.39, 0.29) is 10.6 Å². The van der Waals surface area contributed by atoms with Crippen LogP contribution in [0.4, 0.5) is 0 Å². The number of aromatic hydroxyl groups is 1. The molecule has 2 rings (SSSR count). The molecule has 19 heavy (non-hydrogen) atoms. The minimum absolute atomic E-state index is 0.151. The molecule has 2 aromatic rings. The van der Waals surface area contributed by atoms with E-state index >= 15 is 0 Å². The molecule has 0 amide bonds. The molecule has 0 aliphatic rings. The lowest BCUT2D eigenvalue weighted by Gasteiger charge is -2.12. The van der Waals surface area contributed by atoms with Crippen molar-refractivity contribution >= 4 is 10.0 Å². The number of nitrogens with zero attached hydrogens (tertiary/aromatic N) is 1. The van der Waals surface area contributed by atoms with Gasteiger partial charge in [0.1, 0.15) is 5.75 Å². The van der Waals surface area contributed by atoms with Gasteiger partial charge >= 0.3 is 0 Å². The van der Waals surface area contributed by atoms with Gasteiger partial charge in [-0.05, 0) is 35.4 Å². The Morgan fingerprint density at radius 2 is 1.53 bits per heavy atom. The fourth-order valence-electron chi connectivity index (χ4n) is 1.73. The van der Waals surface area contributed by atoms with Crippen LogP contribution in [-0.2, 0) is 10.0 Å². The molecule has 0 bridgehead atoms. The lowest BCUT2D eigenvalue weighted by Crippen LogP contribution is -2.22. The lowest BCUT2D eigenvalue weighted by atomic mass is 10.1. The van der Waals surface area contributed by atoms with Crippen LogP contribution in [0, 0.1) is 0 Å². The molecule has 1 N–H and O–H groups in total. The highest BCUT2D eigenvalue weighted by molar-refractivity contribution is 7.89. The SMILES string of the molecule is CN(C)S(=O)(=O)c1cccc(-c2cccc(O)c2)c1. The van der Waals surface area contributed by atoms with Gasteiger partial charge in [-0.1, -0.05) is 24.3 Å². The highest BCUT2D eigenvalue weighted by Crippen LogP contribution is 2.26. The molecule has 0 radical (unpaired) electrons. The maximum absolute atomic E-state index is 12.1. The third-order valence-electron chi connectivity index (χ3n) is 2.79. The van der Waals surface area contributed by atoms with Crippen molar-refractivity contribution in [3.63, 3.8) is 0 Å². The molecule has 0 atom stereocenters. The predicted octanol–water partition coefficient (Wildman–Crippen LogP) is 2.31. The van der Waals surface area contributed by atoms with E-state index < -0.39 is 10.0 Å². The maximum Gasteiger partial charge on any atom is 0.242 e. The molecular formula is C14H15NO3S. The summed E-state index contributed by atoms with van der Waals surface area (Å²) < 4.78 is 25.3. The molecule has 0 aromatic heterocycles. The third kappa shape index (κ3) is 2.77. The highest BCUT2D eigenvalue weighted by Gasteiger charge is 2.17. The van der Waals surface area contributed by atoms with E-state index in [4.69, 9.17) is 0 Å². The summed E-state index contributed by atoms with van der Waals surface area (Å²) in [6.45, 7) is 0. The Morgan fingerprint density at radius 1 is 0.947 bits per heavy atom. The van der Waals surface area contributed by atoms with Crippen LogP contribution in [-0.4, -0.2) is 31.9 Å². The van der Waals surface area contributed by atoms with Crippen LogP contribution >= 0.6 is 0 Å². The molecule has 0 unspecified atom stereocenters. The summed E-state index contributed by atoms with van der Waals surface area (Å²) in [7, 11) is -0.454. The van der Waals surface area contributed by atoms with Crippen molar-refractivity contribution in [1.29, 1.82) is 0 Å². The summed E-state index contributed by atoms with van der Waals surface area (Å²) in [6, 6.07) is 13.4. The summed E-state index contributed by atoms with van der Waals surface area (Å²) in [4.78, 5) is 0.235. The standard InChI is InChI=1S/C14H15NO3S/c1-15(2)19(17,18)14-8-4-6-12(10-14)11-5-3-7-13(16)9-11/h3-10,16H,1-2H3. The average Bonchev–Trinajstić information content (AvgIpc) is 2.38. The molecular weight excluding hydrogens is 262 g/mol. The molecule has 0 saturated heterocycles. The van der Waals surface area contributed by atoms with E-state index in [0.29, 0.717) is 0 Å². The molecule has 0 heterocycles. The van der Waals surface area contributed by atoms with Gasteiger partial charge in [-0.3, -0.25) is 0 Å². The zero-order chi connectivity index (χ0) is 14.0. The van der Waals surface area contributed by atoms with Gasteiger partial charge in [0.25, 0.3) is 0 Å². The van der Waals surface area contributed by atoms with Crippen LogP contribution in [0.5, 0.6) is 5.75 Å². The zero-order valence-corrected chi connectivity index (χ0v) is 11.6. The molecule has 0 spiro atoms. The summed E-state index contributed by atoms with van der Waals surface area (Å²) in [5, 5.41) is 9.47. The first kappa shape index (κ1) is 13.6. The Hall–Kier alpha value is -1.85. The fraction of sp³-hybridized carbons (Fsp3) is 0.143. The van der Waals surface area contributed by atoms with E-state index in [9.17, 15) is 13.5 Å². The summed E-state index contributed by atoms with van der Waals surface area (Å²) in [5.74, 6) is 0.151. The van der Waals surface area contributed by atoms with Gasteiger partial charge < -0.3 is 5.11 Å². The molecule has 0 aliphatic heterocycles. The quantitative estimate of drug-likeness (QED) is 0.936.